The summed E-state index contributed by atoms with van der Waals surface area (Å²) < 4.78 is 0. The van der Waals surface area contributed by atoms with Gasteiger partial charge in [0.15, 0.2) is 0 Å². The highest BCUT2D eigenvalue weighted by atomic mass is 16.4. The molecule has 0 spiro atoms. The monoisotopic (exact) mass is 272 g/mol. The summed E-state index contributed by atoms with van der Waals surface area (Å²) in [6, 6.07) is 9.00. The lowest BCUT2D eigenvalue weighted by molar-refractivity contribution is -0.151. The molecule has 4 nitrogen and oxygen atoms in total. The van der Waals surface area contributed by atoms with Crippen molar-refractivity contribution in [1.82, 2.24) is 4.90 Å². The average molecular weight is 272 g/mol. The van der Waals surface area contributed by atoms with Crippen molar-refractivity contribution < 1.29 is 9.90 Å². The number of carbonyl (C=O) groups is 1. The molecule has 1 aliphatic rings. The zero-order valence-electron chi connectivity index (χ0n) is 12.0. The van der Waals surface area contributed by atoms with Gasteiger partial charge in [-0.05, 0) is 42.5 Å². The second-order valence-electron chi connectivity index (χ2n) is 6.11. The van der Waals surface area contributed by atoms with E-state index in [0.29, 0.717) is 12.1 Å². The normalized spacial score (nSPS) is 22.1. The van der Waals surface area contributed by atoms with Crippen LogP contribution in [-0.2, 0) is 11.3 Å². The van der Waals surface area contributed by atoms with Gasteiger partial charge < -0.3 is 5.11 Å². The Labute approximate surface area is 119 Å². The molecule has 1 fully saturated rings. The minimum atomic E-state index is -0.747. The lowest BCUT2D eigenvalue weighted by atomic mass is 9.76. The second-order valence-corrected chi connectivity index (χ2v) is 6.11. The highest BCUT2D eigenvalue weighted by Gasteiger charge is 2.42. The molecule has 0 bridgehead atoms. The molecule has 20 heavy (non-hydrogen) atoms. The predicted octanol–water partition coefficient (Wildman–Crippen LogP) is 2.63. The van der Waals surface area contributed by atoms with Gasteiger partial charge in [-0.15, -0.1) is 0 Å². The van der Waals surface area contributed by atoms with Crippen molar-refractivity contribution >= 4 is 5.97 Å². The molecule has 1 aliphatic heterocycles. The number of aliphatic carboxylic acids is 1. The van der Waals surface area contributed by atoms with Crippen molar-refractivity contribution in [3.05, 3.63) is 35.4 Å². The summed E-state index contributed by atoms with van der Waals surface area (Å²) >= 11 is 0. The van der Waals surface area contributed by atoms with Gasteiger partial charge in [0.25, 0.3) is 0 Å². The van der Waals surface area contributed by atoms with Crippen molar-refractivity contribution in [2.24, 2.45) is 5.41 Å². The first kappa shape index (κ1) is 14.5. The van der Waals surface area contributed by atoms with E-state index in [1.807, 2.05) is 30.9 Å². The maximum absolute atomic E-state index is 11.6. The Kier molecular flexibility index (Phi) is 4.10. The Bertz CT molecular complexity index is 528. The third-order valence-electron chi connectivity index (χ3n) is 4.07. The fourth-order valence-electron chi connectivity index (χ4n) is 3.08. The summed E-state index contributed by atoms with van der Waals surface area (Å²) in [5.41, 5.74) is 1.46. The quantitative estimate of drug-likeness (QED) is 0.918. The molecule has 0 aromatic heterocycles. The number of carboxylic acid groups (broad SMARTS) is 1. The van der Waals surface area contributed by atoms with Crippen LogP contribution in [0.5, 0.6) is 0 Å². The lowest BCUT2D eigenvalue weighted by Crippen LogP contribution is -2.53. The van der Waals surface area contributed by atoms with Gasteiger partial charge in [-0.2, -0.15) is 5.26 Å². The van der Waals surface area contributed by atoms with Crippen molar-refractivity contribution in [2.45, 2.75) is 39.3 Å². The highest BCUT2D eigenvalue weighted by Crippen LogP contribution is 2.36. The van der Waals surface area contributed by atoms with Crippen LogP contribution in [0.4, 0.5) is 0 Å². The Hall–Kier alpha value is -1.86. The summed E-state index contributed by atoms with van der Waals surface area (Å²) in [5.74, 6) is -0.747. The molecule has 1 atom stereocenters. The molecule has 1 aromatic rings. The molecule has 1 N–H and O–H groups in total. The number of nitrogens with zero attached hydrogens (tertiary/aromatic N) is 2. The van der Waals surface area contributed by atoms with Crippen molar-refractivity contribution in [1.29, 1.82) is 5.26 Å². The summed E-state index contributed by atoms with van der Waals surface area (Å²) in [6.45, 7) is 5.47. The molecule has 1 aromatic carbocycles. The lowest BCUT2D eigenvalue weighted by Gasteiger charge is -2.44. The van der Waals surface area contributed by atoms with Gasteiger partial charge in [0.1, 0.15) is 6.04 Å². The number of benzene rings is 1. The van der Waals surface area contributed by atoms with Gasteiger partial charge in [0.2, 0.25) is 0 Å². The molecule has 1 heterocycles. The first-order valence-corrected chi connectivity index (χ1v) is 6.90. The Morgan fingerprint density at radius 2 is 2.10 bits per heavy atom. The zero-order chi connectivity index (χ0) is 14.8. The smallest absolute Gasteiger partial charge is 0.321 e. The Balaban J connectivity index is 2.17. The molecule has 106 valence electrons. The topological polar surface area (TPSA) is 64.3 Å². The van der Waals surface area contributed by atoms with E-state index in [9.17, 15) is 9.90 Å². The molecule has 0 radical (unpaired) electrons. The molecular weight excluding hydrogens is 252 g/mol. The number of piperidine rings is 1. The molecule has 1 saturated heterocycles. The fraction of sp³-hybridized carbons (Fsp3) is 0.500. The van der Waals surface area contributed by atoms with E-state index in [-0.39, 0.29) is 5.41 Å². The van der Waals surface area contributed by atoms with Crippen LogP contribution in [0, 0.1) is 16.7 Å². The predicted molar refractivity (Wildman–Crippen MR) is 76.0 cm³/mol. The van der Waals surface area contributed by atoms with E-state index in [4.69, 9.17) is 5.26 Å². The highest BCUT2D eigenvalue weighted by molar-refractivity contribution is 5.74. The third-order valence-corrected chi connectivity index (χ3v) is 4.07. The van der Waals surface area contributed by atoms with E-state index < -0.39 is 12.0 Å². The van der Waals surface area contributed by atoms with E-state index >= 15 is 0 Å². The summed E-state index contributed by atoms with van der Waals surface area (Å²) in [6.07, 6.45) is 1.96. The van der Waals surface area contributed by atoms with Crippen LogP contribution in [-0.4, -0.2) is 28.6 Å². The van der Waals surface area contributed by atoms with Crippen LogP contribution in [0.1, 0.15) is 37.8 Å². The van der Waals surface area contributed by atoms with Crippen molar-refractivity contribution in [3.63, 3.8) is 0 Å². The molecular formula is C16H20N2O2. The number of hydrogen-bond donors (Lipinski definition) is 1. The summed E-state index contributed by atoms with van der Waals surface area (Å²) in [4.78, 5) is 13.6. The van der Waals surface area contributed by atoms with Gasteiger partial charge >= 0.3 is 5.97 Å². The number of nitriles is 1. The molecule has 4 heteroatoms. The second kappa shape index (κ2) is 5.64. The van der Waals surface area contributed by atoms with Gasteiger partial charge in [0.05, 0.1) is 11.6 Å². The number of rotatable bonds is 3. The van der Waals surface area contributed by atoms with Crippen LogP contribution in [0.25, 0.3) is 0 Å². The Morgan fingerprint density at radius 1 is 1.45 bits per heavy atom. The minimum Gasteiger partial charge on any atom is -0.480 e. The van der Waals surface area contributed by atoms with Crippen LogP contribution < -0.4 is 0 Å². The van der Waals surface area contributed by atoms with Crippen LogP contribution >= 0.6 is 0 Å². The van der Waals surface area contributed by atoms with E-state index in [0.717, 1.165) is 24.9 Å². The van der Waals surface area contributed by atoms with E-state index in [1.54, 1.807) is 12.1 Å². The number of hydrogen-bond acceptors (Lipinski definition) is 3. The molecule has 1 unspecified atom stereocenters. The first-order chi connectivity index (χ1) is 9.44. The molecule has 0 aliphatic carbocycles. The van der Waals surface area contributed by atoms with Gasteiger partial charge in [-0.1, -0.05) is 26.0 Å². The summed E-state index contributed by atoms with van der Waals surface area (Å²) in [5, 5.41) is 18.3. The molecule has 2 rings (SSSR count). The minimum absolute atomic E-state index is 0.212. The first-order valence-electron chi connectivity index (χ1n) is 6.90. The summed E-state index contributed by atoms with van der Waals surface area (Å²) in [7, 11) is 0. The van der Waals surface area contributed by atoms with Gasteiger partial charge in [-0.25, -0.2) is 0 Å². The standard InChI is InChI=1S/C16H20N2O2/c1-16(2)8-3-9-18(14(16)15(19)20)11-13-6-4-12(10-17)5-7-13/h4-7,14H,3,8-9,11H2,1-2H3,(H,19,20). The van der Waals surface area contributed by atoms with Crippen LogP contribution in [0.15, 0.2) is 24.3 Å². The van der Waals surface area contributed by atoms with E-state index in [2.05, 4.69) is 6.07 Å². The Morgan fingerprint density at radius 3 is 2.65 bits per heavy atom. The maximum atomic E-state index is 11.6. The van der Waals surface area contributed by atoms with Crippen molar-refractivity contribution in [3.8, 4) is 6.07 Å². The van der Waals surface area contributed by atoms with Gasteiger partial charge in [-0.3, -0.25) is 9.69 Å². The third kappa shape index (κ3) is 3.00. The number of carboxylic acids is 1. The number of likely N-dealkylation sites (tertiary alicyclic amines) is 1. The molecule has 0 amide bonds. The average Bonchev–Trinajstić information content (AvgIpc) is 2.38. The SMILES string of the molecule is CC1(C)CCCN(Cc2ccc(C#N)cc2)C1C(=O)O. The molecule has 0 saturated carbocycles. The van der Waals surface area contributed by atoms with Crippen LogP contribution in [0.3, 0.4) is 0 Å². The maximum Gasteiger partial charge on any atom is 0.321 e. The van der Waals surface area contributed by atoms with E-state index in [1.165, 1.54) is 0 Å². The van der Waals surface area contributed by atoms with Crippen LogP contribution in [0.2, 0.25) is 0 Å². The largest absolute Gasteiger partial charge is 0.480 e. The zero-order valence-corrected chi connectivity index (χ0v) is 12.0. The van der Waals surface area contributed by atoms with Crippen molar-refractivity contribution in [2.75, 3.05) is 6.54 Å². The fourth-order valence-corrected chi connectivity index (χ4v) is 3.08. The van der Waals surface area contributed by atoms with Gasteiger partial charge in [0, 0.05) is 6.54 Å².